The van der Waals surface area contributed by atoms with Crippen LogP contribution in [0.3, 0.4) is 0 Å². The Bertz CT molecular complexity index is 642. The molecule has 184 valence electrons. The molecule has 0 aromatic carbocycles. The second-order valence-corrected chi connectivity index (χ2v) is 9.31. The largest absolute Gasteiger partial charge is 0.466 e. The average Bonchev–Trinajstić information content (AvgIpc) is 2.51. The number of phosphoric acid groups is 2. The molecule has 0 aliphatic heterocycles. The summed E-state index contributed by atoms with van der Waals surface area (Å²) in [5.41, 5.74) is 5.66. The predicted molar refractivity (Wildman–Crippen MR) is 124 cm³/mol. The molecule has 7 N–H and O–H groups in total. The molecular formula is C20H40O9P2. The molecule has 0 aliphatic rings. The molecule has 0 radical (unpaired) electrons. The molecule has 0 bridgehead atoms. The maximum atomic E-state index is 8.88. The van der Waals surface area contributed by atoms with E-state index in [-0.39, 0.29) is 6.61 Å². The summed E-state index contributed by atoms with van der Waals surface area (Å²) in [6.07, 6.45) is 15.7. The van der Waals surface area contributed by atoms with Crippen LogP contribution in [0.25, 0.3) is 0 Å². The van der Waals surface area contributed by atoms with Crippen molar-refractivity contribution in [1.82, 2.24) is 0 Å². The molecule has 0 unspecified atom stereocenters. The molecule has 0 heterocycles. The van der Waals surface area contributed by atoms with E-state index in [1.54, 1.807) is 0 Å². The van der Waals surface area contributed by atoms with Gasteiger partial charge in [-0.3, -0.25) is 0 Å². The van der Waals surface area contributed by atoms with E-state index >= 15 is 0 Å². The highest BCUT2D eigenvalue weighted by Crippen LogP contribution is 2.26. The zero-order valence-corrected chi connectivity index (χ0v) is 20.9. The van der Waals surface area contributed by atoms with Gasteiger partial charge in [-0.2, -0.15) is 0 Å². The Kier molecular flexibility index (Phi) is 22.2. The lowest BCUT2D eigenvalue weighted by Crippen LogP contribution is -1.83. The van der Waals surface area contributed by atoms with Crippen LogP contribution >= 0.6 is 15.6 Å². The third kappa shape index (κ3) is 52.9. The van der Waals surface area contributed by atoms with Crippen molar-refractivity contribution in [3.8, 4) is 0 Å². The maximum Gasteiger partial charge on any atom is 0.466 e. The normalized spacial score (nSPS) is 13.0. The number of aliphatic hydroxyl groups is 1. The fourth-order valence-corrected chi connectivity index (χ4v) is 2.14. The van der Waals surface area contributed by atoms with Crippen LogP contribution in [-0.4, -0.2) is 41.1 Å². The van der Waals surface area contributed by atoms with Gasteiger partial charge in [-0.1, -0.05) is 46.6 Å². The minimum atomic E-state index is -4.64. The average molecular weight is 486 g/mol. The van der Waals surface area contributed by atoms with Crippen molar-refractivity contribution in [2.45, 2.75) is 73.1 Å². The predicted octanol–water partition coefficient (Wildman–Crippen LogP) is 4.27. The molecule has 0 aromatic heterocycles. The quantitative estimate of drug-likeness (QED) is 0.176. The summed E-state index contributed by atoms with van der Waals surface area (Å²) >= 11 is 0. The Morgan fingerprint density at radius 2 is 0.839 bits per heavy atom. The summed E-state index contributed by atoms with van der Waals surface area (Å²) in [6.45, 7) is 11.0. The van der Waals surface area contributed by atoms with Crippen LogP contribution in [0.5, 0.6) is 0 Å². The molecule has 31 heavy (non-hydrogen) atoms. The van der Waals surface area contributed by atoms with E-state index in [1.165, 1.54) is 28.7 Å². The highest BCUT2D eigenvalue weighted by Gasteiger charge is 2.00. The molecule has 0 atom stereocenters. The van der Waals surface area contributed by atoms with Gasteiger partial charge in [0, 0.05) is 0 Å². The van der Waals surface area contributed by atoms with E-state index in [4.69, 9.17) is 43.6 Å². The van der Waals surface area contributed by atoms with Crippen molar-refractivity contribution in [2.75, 3.05) is 6.61 Å². The van der Waals surface area contributed by atoms with Crippen LogP contribution in [-0.2, 0) is 9.13 Å². The van der Waals surface area contributed by atoms with E-state index in [0.717, 1.165) is 32.1 Å². The van der Waals surface area contributed by atoms with E-state index in [2.05, 4.69) is 52.8 Å². The van der Waals surface area contributed by atoms with Gasteiger partial charge in [0.2, 0.25) is 0 Å². The Morgan fingerprint density at radius 3 is 1.10 bits per heavy atom. The molecule has 0 aromatic rings. The summed E-state index contributed by atoms with van der Waals surface area (Å²) in [6, 6.07) is 0. The van der Waals surface area contributed by atoms with Crippen molar-refractivity contribution in [3.05, 3.63) is 46.6 Å². The van der Waals surface area contributed by atoms with E-state index < -0.39 is 15.6 Å². The van der Waals surface area contributed by atoms with Crippen LogP contribution in [0.1, 0.15) is 73.1 Å². The number of hydrogen-bond donors (Lipinski definition) is 7. The van der Waals surface area contributed by atoms with E-state index in [1.807, 2.05) is 6.08 Å². The fraction of sp³-hybridized carbons (Fsp3) is 0.600. The second-order valence-electron chi connectivity index (χ2n) is 7.26. The first-order valence-corrected chi connectivity index (χ1v) is 12.9. The molecule has 0 aliphatic carbocycles. The Morgan fingerprint density at radius 1 is 0.581 bits per heavy atom. The maximum absolute atomic E-state index is 8.88. The lowest BCUT2D eigenvalue weighted by Gasteiger charge is -2.02. The van der Waals surface area contributed by atoms with E-state index in [0.29, 0.717) is 0 Å². The van der Waals surface area contributed by atoms with Crippen LogP contribution in [0, 0.1) is 0 Å². The van der Waals surface area contributed by atoms with Crippen LogP contribution in [0.15, 0.2) is 46.6 Å². The first-order chi connectivity index (χ1) is 14.0. The molecule has 0 spiro atoms. The van der Waals surface area contributed by atoms with Gasteiger partial charge in [0.05, 0.1) is 6.61 Å². The molecular weight excluding hydrogens is 446 g/mol. The van der Waals surface area contributed by atoms with E-state index in [9.17, 15) is 0 Å². The van der Waals surface area contributed by atoms with Gasteiger partial charge in [-0.25, -0.2) is 9.13 Å². The number of hydrogen-bond acceptors (Lipinski definition) is 3. The van der Waals surface area contributed by atoms with Crippen molar-refractivity contribution < 1.29 is 43.6 Å². The minimum Gasteiger partial charge on any atom is -0.392 e. The number of rotatable bonds is 10. The third-order valence-electron chi connectivity index (χ3n) is 3.59. The van der Waals surface area contributed by atoms with Gasteiger partial charge in [0.15, 0.2) is 0 Å². The van der Waals surface area contributed by atoms with Gasteiger partial charge in [-0.15, -0.1) is 0 Å². The Hall–Kier alpha value is -0.860. The lowest BCUT2D eigenvalue weighted by atomic mass is 10.0. The Balaban J connectivity index is -0.000000646. The molecule has 9 nitrogen and oxygen atoms in total. The van der Waals surface area contributed by atoms with Gasteiger partial charge in [0.1, 0.15) is 0 Å². The minimum absolute atomic E-state index is 0.158. The molecule has 0 saturated heterocycles. The standard InChI is InChI=1S/C20H34O.2H3O4P/c1-17(2)9-6-10-18(3)11-7-12-19(4)13-8-14-20(5)15-16-21;2*1-5(2,3)4/h9,11,13,15,21H,6-8,10,12,14,16H2,1-5H3;2*(H3,1,2,3,4)/b18-11+,19-13?,20-15+;;. The molecule has 0 amide bonds. The lowest BCUT2D eigenvalue weighted by molar-refractivity contribution is 0.272. The van der Waals surface area contributed by atoms with Gasteiger partial charge in [-0.05, 0) is 73.1 Å². The summed E-state index contributed by atoms with van der Waals surface area (Å²) < 4.78 is 17.8. The topological polar surface area (TPSA) is 176 Å². The Labute approximate surface area is 186 Å². The van der Waals surface area contributed by atoms with Crippen LogP contribution in [0.2, 0.25) is 0 Å². The van der Waals surface area contributed by atoms with Gasteiger partial charge < -0.3 is 34.5 Å². The zero-order valence-electron chi connectivity index (χ0n) is 19.1. The fourth-order valence-electron chi connectivity index (χ4n) is 2.14. The highest BCUT2D eigenvalue weighted by atomic mass is 31.2. The smallest absolute Gasteiger partial charge is 0.392 e. The van der Waals surface area contributed by atoms with Crippen molar-refractivity contribution in [2.24, 2.45) is 0 Å². The monoisotopic (exact) mass is 486 g/mol. The highest BCUT2D eigenvalue weighted by molar-refractivity contribution is 7.45. The first kappa shape index (κ1) is 34.7. The molecule has 0 fully saturated rings. The van der Waals surface area contributed by atoms with Gasteiger partial charge in [0.25, 0.3) is 0 Å². The summed E-state index contributed by atoms with van der Waals surface area (Å²) in [4.78, 5) is 43.1. The number of aliphatic hydroxyl groups excluding tert-OH is 1. The second kappa shape index (κ2) is 19.8. The molecule has 11 heteroatoms. The van der Waals surface area contributed by atoms with Gasteiger partial charge >= 0.3 is 15.6 Å². The first-order valence-electron chi connectivity index (χ1n) is 9.73. The third-order valence-corrected chi connectivity index (χ3v) is 3.59. The summed E-state index contributed by atoms with van der Waals surface area (Å²) in [5.74, 6) is 0. The SMILES string of the molecule is CC(C)=CCC/C(C)=C/CCC(C)=CCC/C(C)=C/CO.O=P(O)(O)O.O=P(O)(O)O. The molecule has 0 rings (SSSR count). The van der Waals surface area contributed by atoms with Crippen molar-refractivity contribution >= 4 is 15.6 Å². The van der Waals surface area contributed by atoms with Crippen LogP contribution in [0.4, 0.5) is 0 Å². The van der Waals surface area contributed by atoms with Crippen molar-refractivity contribution in [3.63, 3.8) is 0 Å². The number of allylic oxidation sites excluding steroid dienone is 7. The summed E-state index contributed by atoms with van der Waals surface area (Å²) in [5, 5.41) is 8.80. The zero-order chi connectivity index (χ0) is 25.1. The summed E-state index contributed by atoms with van der Waals surface area (Å²) in [7, 11) is -9.28. The van der Waals surface area contributed by atoms with Crippen LogP contribution < -0.4 is 0 Å². The van der Waals surface area contributed by atoms with Crippen molar-refractivity contribution in [1.29, 1.82) is 0 Å². The molecule has 0 saturated carbocycles.